The van der Waals surface area contributed by atoms with Gasteiger partial charge in [0.2, 0.25) is 11.8 Å². The minimum atomic E-state index is -2.08. The van der Waals surface area contributed by atoms with Crippen molar-refractivity contribution in [3.63, 3.8) is 0 Å². The average molecular weight is 537 g/mol. The molecule has 0 aliphatic carbocycles. The lowest BCUT2D eigenvalue weighted by atomic mass is 9.76. The van der Waals surface area contributed by atoms with Gasteiger partial charge in [-0.1, -0.05) is 18.2 Å². The SMILES string of the molecule is CC(NC(=O)c1ccc(C(=N)N)cc1)C(C(=O)O)(C(c1cccnc1)N1CCNCC1=O)N1CCNCC1=O. The van der Waals surface area contributed by atoms with E-state index in [1.165, 1.54) is 53.4 Å². The van der Waals surface area contributed by atoms with Crippen molar-refractivity contribution in [3.05, 3.63) is 65.5 Å². The zero-order valence-electron chi connectivity index (χ0n) is 21.5. The highest BCUT2D eigenvalue weighted by atomic mass is 16.4. The molecule has 39 heavy (non-hydrogen) atoms. The maximum atomic E-state index is 13.5. The number of carbonyl (C=O) groups is 4. The van der Waals surface area contributed by atoms with Gasteiger partial charge in [0.25, 0.3) is 5.91 Å². The molecule has 1 aromatic carbocycles. The molecule has 0 saturated carbocycles. The summed E-state index contributed by atoms with van der Waals surface area (Å²) in [6, 6.07) is 6.99. The van der Waals surface area contributed by atoms with E-state index in [0.717, 1.165) is 0 Å². The van der Waals surface area contributed by atoms with E-state index in [4.69, 9.17) is 11.1 Å². The van der Waals surface area contributed by atoms with E-state index >= 15 is 0 Å². The molecule has 2 fully saturated rings. The molecule has 7 N–H and O–H groups in total. The Hall–Kier alpha value is -4.36. The smallest absolute Gasteiger partial charge is 0.334 e. The fraction of sp³-hybridized carbons (Fsp3) is 0.385. The number of nitrogen functional groups attached to an aromatic ring is 1. The van der Waals surface area contributed by atoms with Crippen molar-refractivity contribution in [2.75, 3.05) is 39.3 Å². The van der Waals surface area contributed by atoms with Gasteiger partial charge in [-0.05, 0) is 30.7 Å². The molecule has 2 aliphatic rings. The van der Waals surface area contributed by atoms with Crippen LogP contribution in [-0.2, 0) is 14.4 Å². The Bertz CT molecular complexity index is 1250. The van der Waals surface area contributed by atoms with Crippen LogP contribution in [0.5, 0.6) is 0 Å². The first-order valence-electron chi connectivity index (χ1n) is 12.6. The zero-order valence-corrected chi connectivity index (χ0v) is 21.5. The molecular weight excluding hydrogens is 504 g/mol. The molecule has 13 heteroatoms. The molecule has 0 spiro atoms. The van der Waals surface area contributed by atoms with Gasteiger partial charge in [-0.15, -0.1) is 0 Å². The van der Waals surface area contributed by atoms with Gasteiger partial charge in [0.1, 0.15) is 5.84 Å². The Morgan fingerprint density at radius 3 is 2.28 bits per heavy atom. The van der Waals surface area contributed by atoms with Crippen molar-refractivity contribution in [2.45, 2.75) is 24.5 Å². The summed E-state index contributed by atoms with van der Waals surface area (Å²) in [5.41, 5.74) is 4.50. The molecule has 2 saturated heterocycles. The number of nitrogens with one attached hydrogen (secondary N) is 4. The van der Waals surface area contributed by atoms with Gasteiger partial charge in [0.05, 0.1) is 25.2 Å². The largest absolute Gasteiger partial charge is 0.479 e. The summed E-state index contributed by atoms with van der Waals surface area (Å²) in [5, 5.41) is 27.3. The summed E-state index contributed by atoms with van der Waals surface area (Å²) in [6.45, 7) is 2.46. The number of carbonyl (C=O) groups excluding carboxylic acids is 3. The second kappa shape index (κ2) is 11.6. The van der Waals surface area contributed by atoms with Crippen LogP contribution in [0.4, 0.5) is 0 Å². The van der Waals surface area contributed by atoms with Crippen molar-refractivity contribution in [3.8, 4) is 0 Å². The predicted molar refractivity (Wildman–Crippen MR) is 141 cm³/mol. The molecule has 3 unspecified atom stereocenters. The number of amides is 3. The Kier molecular flexibility index (Phi) is 8.21. The summed E-state index contributed by atoms with van der Waals surface area (Å²) in [6.07, 6.45) is 3.02. The second-order valence-corrected chi connectivity index (χ2v) is 9.49. The van der Waals surface area contributed by atoms with Gasteiger partial charge in [-0.25, -0.2) is 4.79 Å². The number of nitrogens with zero attached hydrogens (tertiary/aromatic N) is 3. The van der Waals surface area contributed by atoms with Gasteiger partial charge in [0.15, 0.2) is 5.54 Å². The van der Waals surface area contributed by atoms with Crippen molar-refractivity contribution >= 4 is 29.5 Å². The van der Waals surface area contributed by atoms with Crippen LogP contribution in [-0.4, -0.2) is 100 Å². The number of aromatic nitrogens is 1. The van der Waals surface area contributed by atoms with Crippen molar-refractivity contribution < 1.29 is 24.3 Å². The molecule has 1 aromatic heterocycles. The fourth-order valence-electron chi connectivity index (χ4n) is 5.33. The number of hydrogen-bond donors (Lipinski definition) is 6. The Morgan fingerprint density at radius 1 is 1.08 bits per heavy atom. The van der Waals surface area contributed by atoms with Crippen LogP contribution < -0.4 is 21.7 Å². The molecular formula is C26H32N8O5. The third kappa shape index (κ3) is 5.31. The van der Waals surface area contributed by atoms with Gasteiger partial charge in [0, 0.05) is 49.7 Å². The Morgan fingerprint density at radius 2 is 1.72 bits per heavy atom. The van der Waals surface area contributed by atoms with Crippen molar-refractivity contribution in [1.82, 2.24) is 30.7 Å². The number of carboxylic acids is 1. The quantitative estimate of drug-likeness (QED) is 0.171. The van der Waals surface area contributed by atoms with E-state index in [9.17, 15) is 24.3 Å². The molecule has 2 aromatic rings. The summed E-state index contributed by atoms with van der Waals surface area (Å²) in [4.78, 5) is 60.3. The predicted octanol–water partition coefficient (Wildman–Crippen LogP) is -1.09. The number of aliphatic carboxylic acids is 1. The molecule has 206 valence electrons. The van der Waals surface area contributed by atoms with E-state index < -0.39 is 35.4 Å². The lowest BCUT2D eigenvalue weighted by molar-refractivity contribution is -0.172. The highest BCUT2D eigenvalue weighted by Gasteiger charge is 2.60. The zero-order chi connectivity index (χ0) is 28.2. The number of piperazine rings is 2. The molecule has 13 nitrogen and oxygen atoms in total. The fourth-order valence-corrected chi connectivity index (χ4v) is 5.33. The Labute approximate surface area is 225 Å². The lowest BCUT2D eigenvalue weighted by Gasteiger charge is -2.53. The Balaban J connectivity index is 1.85. The van der Waals surface area contributed by atoms with E-state index in [1.807, 2.05) is 0 Å². The van der Waals surface area contributed by atoms with Gasteiger partial charge in [-0.2, -0.15) is 0 Å². The molecule has 0 bridgehead atoms. The number of nitrogens with two attached hydrogens (primary N) is 1. The van der Waals surface area contributed by atoms with Crippen LogP contribution in [0.25, 0.3) is 0 Å². The van der Waals surface area contributed by atoms with Crippen molar-refractivity contribution in [2.24, 2.45) is 5.73 Å². The summed E-state index contributed by atoms with van der Waals surface area (Å²) >= 11 is 0. The summed E-state index contributed by atoms with van der Waals surface area (Å²) in [7, 11) is 0. The van der Waals surface area contributed by atoms with E-state index in [-0.39, 0.29) is 43.5 Å². The topological polar surface area (TPSA) is 194 Å². The summed E-state index contributed by atoms with van der Waals surface area (Å²) < 4.78 is 0. The highest BCUT2D eigenvalue weighted by molar-refractivity contribution is 5.99. The minimum absolute atomic E-state index is 0.00516. The maximum Gasteiger partial charge on any atom is 0.334 e. The third-order valence-corrected chi connectivity index (χ3v) is 7.20. The van der Waals surface area contributed by atoms with Crippen LogP contribution in [0.3, 0.4) is 0 Å². The van der Waals surface area contributed by atoms with Gasteiger partial charge >= 0.3 is 5.97 Å². The maximum absolute atomic E-state index is 13.5. The first-order chi connectivity index (χ1) is 18.7. The van der Waals surface area contributed by atoms with Crippen molar-refractivity contribution in [1.29, 1.82) is 5.41 Å². The monoisotopic (exact) mass is 536 g/mol. The normalized spacial score (nSPS) is 19.1. The second-order valence-electron chi connectivity index (χ2n) is 9.49. The van der Waals surface area contributed by atoms with Gasteiger partial charge < -0.3 is 36.6 Å². The van der Waals surface area contributed by atoms with Crippen LogP contribution in [0.2, 0.25) is 0 Å². The third-order valence-electron chi connectivity index (χ3n) is 7.20. The highest BCUT2D eigenvalue weighted by Crippen LogP contribution is 2.40. The molecule has 2 aliphatic heterocycles. The standard InChI is InChI=1S/C26H32N8O5/c1-16(32-24(37)18-6-4-17(5-7-18)23(27)28)26(25(38)39,34-12-10-31-15-21(34)36)22(19-3-2-8-29-13-19)33-11-9-30-14-20(33)35/h2-8,13,16,22,30-31H,9-12,14-15H2,1H3,(H3,27,28)(H,32,37)(H,38,39). The number of pyridine rings is 1. The number of carboxylic acid groups (broad SMARTS) is 1. The minimum Gasteiger partial charge on any atom is -0.479 e. The molecule has 3 amide bonds. The lowest BCUT2D eigenvalue weighted by Crippen LogP contribution is -2.75. The molecule has 3 heterocycles. The van der Waals surface area contributed by atoms with E-state index in [0.29, 0.717) is 24.2 Å². The molecule has 3 atom stereocenters. The van der Waals surface area contributed by atoms with E-state index in [1.54, 1.807) is 12.1 Å². The van der Waals surface area contributed by atoms with E-state index in [2.05, 4.69) is 20.9 Å². The molecule has 4 rings (SSSR count). The van der Waals surface area contributed by atoms with Crippen LogP contribution in [0.15, 0.2) is 48.8 Å². The van der Waals surface area contributed by atoms with Crippen LogP contribution >= 0.6 is 0 Å². The number of rotatable bonds is 9. The number of amidine groups is 1. The van der Waals surface area contributed by atoms with Gasteiger partial charge in [-0.3, -0.25) is 24.8 Å². The number of benzene rings is 1. The first-order valence-corrected chi connectivity index (χ1v) is 12.6. The van der Waals surface area contributed by atoms with Crippen LogP contribution in [0, 0.1) is 5.41 Å². The average Bonchev–Trinajstić information content (AvgIpc) is 2.93. The number of hydrogen-bond acceptors (Lipinski definition) is 8. The molecule has 0 radical (unpaired) electrons. The van der Waals surface area contributed by atoms with Crippen LogP contribution in [0.1, 0.15) is 34.5 Å². The summed E-state index contributed by atoms with van der Waals surface area (Å²) in [5.74, 6) is -2.90. The first kappa shape index (κ1) is 27.7.